The number of fused-ring (bicyclic) bond motifs is 1. The number of carbonyl (C=O) groups excluding carboxylic acids is 2. The zero-order valence-electron chi connectivity index (χ0n) is 21.4. The lowest BCUT2D eigenvalue weighted by molar-refractivity contribution is -0.121. The summed E-state index contributed by atoms with van der Waals surface area (Å²) in [6, 6.07) is 10.9. The fourth-order valence-corrected chi connectivity index (χ4v) is 3.98. The predicted molar refractivity (Wildman–Crippen MR) is 140 cm³/mol. The SMILES string of the molecule is COCCNC(=O)c1ccc2c(c1)CC(C(=O)Nc1ccc(-c3cn[nH]c3)cc1OCCN(C)C)CO2. The Hall–Kier alpha value is -3.89. The highest BCUT2D eigenvalue weighted by Crippen LogP contribution is 2.33. The van der Waals surface area contributed by atoms with E-state index in [0.717, 1.165) is 23.2 Å². The van der Waals surface area contributed by atoms with Crippen LogP contribution in [-0.4, -0.2) is 81.0 Å². The molecule has 1 aliphatic rings. The molecule has 1 aliphatic heterocycles. The Labute approximate surface area is 216 Å². The number of rotatable bonds is 11. The minimum atomic E-state index is -0.414. The second kappa shape index (κ2) is 12.4. The zero-order valence-corrected chi connectivity index (χ0v) is 21.4. The van der Waals surface area contributed by atoms with E-state index in [2.05, 4.69) is 20.8 Å². The zero-order chi connectivity index (χ0) is 26.2. The standard InChI is InChI=1S/C27H33N5O5/c1-32(2)9-11-36-25-14-18(22-15-29-30-16-22)4-6-23(25)31-27(34)21-13-20-12-19(5-7-24(20)37-17-21)26(33)28-8-10-35-3/h4-7,12,14-16,21H,8-11,13,17H2,1-3H3,(H,28,33)(H,29,30)(H,31,34). The summed E-state index contributed by atoms with van der Waals surface area (Å²) in [6.45, 7) is 2.32. The topological polar surface area (TPSA) is 118 Å². The van der Waals surface area contributed by atoms with Crippen LogP contribution in [0.15, 0.2) is 48.8 Å². The van der Waals surface area contributed by atoms with Crippen LogP contribution in [0.4, 0.5) is 5.69 Å². The van der Waals surface area contributed by atoms with Gasteiger partial charge < -0.3 is 29.7 Å². The second-order valence-electron chi connectivity index (χ2n) is 9.12. The molecule has 1 atom stereocenters. The number of anilines is 1. The number of H-pyrrole nitrogens is 1. The maximum Gasteiger partial charge on any atom is 0.251 e. The van der Waals surface area contributed by atoms with Gasteiger partial charge in [0, 0.05) is 37.5 Å². The first-order chi connectivity index (χ1) is 17.9. The number of carbonyl (C=O) groups is 2. The maximum absolute atomic E-state index is 13.3. The molecule has 2 heterocycles. The molecule has 0 bridgehead atoms. The van der Waals surface area contributed by atoms with Crippen molar-refractivity contribution in [1.82, 2.24) is 20.4 Å². The highest BCUT2D eigenvalue weighted by atomic mass is 16.5. The summed E-state index contributed by atoms with van der Waals surface area (Å²) in [6.07, 6.45) is 4.00. The van der Waals surface area contributed by atoms with E-state index in [0.29, 0.717) is 48.9 Å². The van der Waals surface area contributed by atoms with Crippen LogP contribution in [0.2, 0.25) is 0 Å². The van der Waals surface area contributed by atoms with Gasteiger partial charge in [-0.25, -0.2) is 0 Å². The Morgan fingerprint density at radius 1 is 1.16 bits per heavy atom. The Balaban J connectivity index is 1.46. The van der Waals surface area contributed by atoms with Gasteiger partial charge in [-0.1, -0.05) is 6.07 Å². The van der Waals surface area contributed by atoms with Crippen LogP contribution in [0.1, 0.15) is 15.9 Å². The average molecular weight is 508 g/mol. The molecule has 3 N–H and O–H groups in total. The van der Waals surface area contributed by atoms with Gasteiger partial charge in [0.05, 0.1) is 24.4 Å². The molecule has 1 aromatic heterocycles. The smallest absolute Gasteiger partial charge is 0.251 e. The van der Waals surface area contributed by atoms with Gasteiger partial charge in [-0.3, -0.25) is 14.7 Å². The summed E-state index contributed by atoms with van der Waals surface area (Å²) in [5.41, 5.74) is 3.79. The van der Waals surface area contributed by atoms with E-state index in [1.807, 2.05) is 37.2 Å². The number of nitrogens with one attached hydrogen (secondary N) is 3. The lowest BCUT2D eigenvalue weighted by atomic mass is 9.94. The minimum absolute atomic E-state index is 0.172. The Bertz CT molecular complexity index is 1210. The molecule has 2 aromatic carbocycles. The van der Waals surface area contributed by atoms with E-state index in [-0.39, 0.29) is 18.4 Å². The van der Waals surface area contributed by atoms with Crippen molar-refractivity contribution in [2.75, 3.05) is 59.4 Å². The molecule has 37 heavy (non-hydrogen) atoms. The summed E-state index contributed by atoms with van der Waals surface area (Å²) < 4.78 is 16.9. The summed E-state index contributed by atoms with van der Waals surface area (Å²) in [5.74, 6) is 0.496. The average Bonchev–Trinajstić information content (AvgIpc) is 3.44. The van der Waals surface area contributed by atoms with E-state index in [1.54, 1.807) is 37.7 Å². The summed E-state index contributed by atoms with van der Waals surface area (Å²) in [4.78, 5) is 27.7. The van der Waals surface area contributed by atoms with Crippen molar-refractivity contribution in [3.63, 3.8) is 0 Å². The summed E-state index contributed by atoms with van der Waals surface area (Å²) in [7, 11) is 5.54. The number of ether oxygens (including phenoxy) is 3. The lowest BCUT2D eigenvalue weighted by Gasteiger charge is -2.25. The maximum atomic E-state index is 13.3. The van der Waals surface area contributed by atoms with Crippen molar-refractivity contribution >= 4 is 17.5 Å². The van der Waals surface area contributed by atoms with Crippen LogP contribution in [0, 0.1) is 5.92 Å². The number of amides is 2. The fraction of sp³-hybridized carbons (Fsp3) is 0.370. The van der Waals surface area contributed by atoms with Crippen molar-refractivity contribution in [2.45, 2.75) is 6.42 Å². The van der Waals surface area contributed by atoms with Gasteiger partial charge in [-0.15, -0.1) is 0 Å². The molecule has 196 valence electrons. The molecule has 2 amide bonds. The third kappa shape index (κ3) is 6.87. The van der Waals surface area contributed by atoms with Crippen molar-refractivity contribution in [2.24, 2.45) is 5.92 Å². The third-order valence-corrected chi connectivity index (χ3v) is 6.06. The number of hydrogen-bond acceptors (Lipinski definition) is 7. The Morgan fingerprint density at radius 3 is 2.78 bits per heavy atom. The van der Waals surface area contributed by atoms with Gasteiger partial charge >= 0.3 is 0 Å². The van der Waals surface area contributed by atoms with Crippen molar-refractivity contribution in [3.8, 4) is 22.6 Å². The van der Waals surface area contributed by atoms with Crippen LogP contribution >= 0.6 is 0 Å². The first kappa shape index (κ1) is 26.2. The largest absolute Gasteiger partial charge is 0.492 e. The highest BCUT2D eigenvalue weighted by molar-refractivity contribution is 5.96. The number of aromatic amines is 1. The lowest BCUT2D eigenvalue weighted by Crippen LogP contribution is -2.33. The normalized spacial score (nSPS) is 14.5. The van der Waals surface area contributed by atoms with Gasteiger partial charge in [-0.2, -0.15) is 5.10 Å². The molecule has 3 aromatic rings. The second-order valence-corrected chi connectivity index (χ2v) is 9.12. The van der Waals surface area contributed by atoms with E-state index in [1.165, 1.54) is 0 Å². The van der Waals surface area contributed by atoms with Crippen molar-refractivity contribution < 1.29 is 23.8 Å². The molecule has 0 spiro atoms. The van der Waals surface area contributed by atoms with Crippen molar-refractivity contribution in [1.29, 1.82) is 0 Å². The molecular weight excluding hydrogens is 474 g/mol. The molecule has 10 heteroatoms. The third-order valence-electron chi connectivity index (χ3n) is 6.06. The first-order valence-electron chi connectivity index (χ1n) is 12.2. The Kier molecular flexibility index (Phi) is 8.76. The molecule has 0 radical (unpaired) electrons. The summed E-state index contributed by atoms with van der Waals surface area (Å²) in [5, 5.41) is 12.7. The van der Waals surface area contributed by atoms with Gasteiger partial charge in [0.2, 0.25) is 5.91 Å². The Morgan fingerprint density at radius 2 is 2.03 bits per heavy atom. The van der Waals surface area contributed by atoms with Gasteiger partial charge in [-0.05, 0) is 62.0 Å². The predicted octanol–water partition coefficient (Wildman–Crippen LogP) is 2.58. The number of likely N-dealkylation sites (N-methyl/N-ethyl adjacent to an activating group) is 1. The molecule has 0 aliphatic carbocycles. The van der Waals surface area contributed by atoms with Gasteiger partial charge in [0.15, 0.2) is 0 Å². The van der Waals surface area contributed by atoms with E-state index in [4.69, 9.17) is 14.2 Å². The van der Waals surface area contributed by atoms with Crippen LogP contribution in [0.5, 0.6) is 11.5 Å². The van der Waals surface area contributed by atoms with Gasteiger partial charge in [0.25, 0.3) is 5.91 Å². The first-order valence-corrected chi connectivity index (χ1v) is 12.2. The number of hydrogen-bond donors (Lipinski definition) is 3. The summed E-state index contributed by atoms with van der Waals surface area (Å²) >= 11 is 0. The fourth-order valence-electron chi connectivity index (χ4n) is 3.98. The van der Waals surface area contributed by atoms with Crippen molar-refractivity contribution in [3.05, 3.63) is 59.9 Å². The monoisotopic (exact) mass is 507 g/mol. The minimum Gasteiger partial charge on any atom is -0.492 e. The molecule has 4 rings (SSSR count). The number of benzene rings is 2. The van der Waals surface area contributed by atoms with E-state index >= 15 is 0 Å². The highest BCUT2D eigenvalue weighted by Gasteiger charge is 2.27. The number of methoxy groups -OCH3 is 1. The van der Waals surface area contributed by atoms with Crippen LogP contribution in [-0.2, 0) is 16.0 Å². The van der Waals surface area contributed by atoms with E-state index < -0.39 is 5.92 Å². The van der Waals surface area contributed by atoms with E-state index in [9.17, 15) is 9.59 Å². The molecule has 10 nitrogen and oxygen atoms in total. The molecule has 0 fully saturated rings. The molecular formula is C27H33N5O5. The number of nitrogens with zero attached hydrogens (tertiary/aromatic N) is 2. The van der Waals surface area contributed by atoms with Crippen LogP contribution in [0.3, 0.4) is 0 Å². The quantitative estimate of drug-likeness (QED) is 0.342. The van der Waals surface area contributed by atoms with Crippen LogP contribution < -0.4 is 20.1 Å². The molecule has 1 unspecified atom stereocenters. The van der Waals surface area contributed by atoms with Gasteiger partial charge in [0.1, 0.15) is 24.7 Å². The van der Waals surface area contributed by atoms with Crippen LogP contribution in [0.25, 0.3) is 11.1 Å². The molecule has 0 saturated heterocycles. The number of aromatic nitrogens is 2. The molecule has 0 saturated carbocycles.